The van der Waals surface area contributed by atoms with Crippen LogP contribution in [-0.4, -0.2) is 34.2 Å². The zero-order valence-corrected chi connectivity index (χ0v) is 19.3. The molecule has 6 nitrogen and oxygen atoms in total. The minimum atomic E-state index is -0.757. The number of ether oxygens (including phenoxy) is 1. The molecule has 1 saturated heterocycles. The Kier molecular flexibility index (Phi) is 6.83. The third-order valence-corrected chi connectivity index (χ3v) is 7.44. The number of carbonyl (C=O) groups is 1. The average molecular weight is 436 g/mol. The van der Waals surface area contributed by atoms with Crippen LogP contribution in [0.2, 0.25) is 0 Å². The molecule has 0 atom stereocenters. The van der Waals surface area contributed by atoms with E-state index in [1.807, 2.05) is 70.3 Å². The number of rotatable bonds is 6. The molecule has 3 rings (SSSR count). The Morgan fingerprint density at radius 3 is 2.41 bits per heavy atom. The van der Waals surface area contributed by atoms with Crippen LogP contribution in [0.1, 0.15) is 62.9 Å². The van der Waals surface area contributed by atoms with E-state index in [9.17, 15) is 4.79 Å². The highest BCUT2D eigenvalue weighted by Gasteiger charge is 2.31. The molecule has 1 aliphatic heterocycles. The minimum absolute atomic E-state index is 0.0698. The van der Waals surface area contributed by atoms with Crippen molar-refractivity contribution in [2.24, 2.45) is 0 Å². The lowest BCUT2D eigenvalue weighted by atomic mass is 9.97. The first-order chi connectivity index (χ1) is 13.6. The molecule has 0 radical (unpaired) electrons. The summed E-state index contributed by atoms with van der Waals surface area (Å²) in [7, 11) is 0. The van der Waals surface area contributed by atoms with Crippen molar-refractivity contribution in [1.82, 2.24) is 15.5 Å². The number of nitrogens with one attached hydrogen (secondary N) is 1. The molecular formula is C21H29N3O3S2. The van der Waals surface area contributed by atoms with Crippen LogP contribution in [0.4, 0.5) is 0 Å². The van der Waals surface area contributed by atoms with Crippen molar-refractivity contribution in [3.63, 3.8) is 0 Å². The first-order valence-corrected chi connectivity index (χ1v) is 11.9. The fraction of sp³-hybridized carbons (Fsp3) is 0.571. The molecule has 1 N–H and O–H groups in total. The van der Waals surface area contributed by atoms with Crippen LogP contribution in [0, 0.1) is 0 Å². The van der Waals surface area contributed by atoms with Gasteiger partial charge in [-0.1, -0.05) is 38.1 Å². The van der Waals surface area contributed by atoms with Crippen molar-refractivity contribution < 1.29 is 14.1 Å². The van der Waals surface area contributed by atoms with E-state index >= 15 is 0 Å². The zero-order chi connectivity index (χ0) is 21.1. The maximum atomic E-state index is 12.4. The number of nitrogens with zero attached hydrogens (tertiary/aromatic N) is 2. The van der Waals surface area contributed by atoms with Crippen molar-refractivity contribution in [3.8, 4) is 5.75 Å². The quantitative estimate of drug-likeness (QED) is 0.707. The smallest absolute Gasteiger partial charge is 0.258 e. The third kappa shape index (κ3) is 5.92. The second-order valence-electron chi connectivity index (χ2n) is 8.63. The van der Waals surface area contributed by atoms with Crippen LogP contribution in [-0.2, 0) is 15.7 Å². The highest BCUT2D eigenvalue weighted by Crippen LogP contribution is 2.43. The second kappa shape index (κ2) is 9.00. The summed E-state index contributed by atoms with van der Waals surface area (Å²) < 4.78 is 11.5. The molecule has 0 unspecified atom stereocenters. The molecule has 2 aromatic rings. The summed E-state index contributed by atoms with van der Waals surface area (Å²) in [5.41, 5.74) is 0.298. The van der Waals surface area contributed by atoms with Crippen molar-refractivity contribution in [1.29, 1.82) is 0 Å². The van der Waals surface area contributed by atoms with Gasteiger partial charge in [0, 0.05) is 5.41 Å². The Bertz CT molecular complexity index is 822. The van der Waals surface area contributed by atoms with Crippen molar-refractivity contribution in [2.75, 3.05) is 18.1 Å². The van der Waals surface area contributed by atoms with E-state index in [1.165, 1.54) is 23.5 Å². The summed E-state index contributed by atoms with van der Waals surface area (Å²) in [5, 5.41) is 6.95. The van der Waals surface area contributed by atoms with Crippen LogP contribution in [0.3, 0.4) is 0 Å². The van der Waals surface area contributed by atoms with Crippen LogP contribution >= 0.6 is 23.5 Å². The number of benzene rings is 1. The number of aromatic nitrogens is 2. The predicted molar refractivity (Wildman–Crippen MR) is 118 cm³/mol. The number of hydrogen-bond donors (Lipinski definition) is 1. The standard InChI is InChI=1S/C21H29N3O3S2/c1-20(2,3)19-22-18(24-27-19)21(4,5)23-16(25)13-26-15-9-7-14(8-10-15)17-28-11-6-12-29-17/h7-10,17H,6,11-13H2,1-5H3,(H,23,25). The molecule has 1 fully saturated rings. The van der Waals surface area contributed by atoms with Gasteiger partial charge in [0.2, 0.25) is 5.89 Å². The summed E-state index contributed by atoms with van der Waals surface area (Å²) in [6, 6.07) is 8.03. The largest absolute Gasteiger partial charge is 0.484 e. The van der Waals surface area contributed by atoms with Gasteiger partial charge in [-0.25, -0.2) is 0 Å². The van der Waals surface area contributed by atoms with Gasteiger partial charge in [0.05, 0.1) is 10.1 Å². The fourth-order valence-corrected chi connectivity index (χ4v) is 5.67. The van der Waals surface area contributed by atoms with Crippen molar-refractivity contribution in [2.45, 2.75) is 56.6 Å². The first-order valence-electron chi connectivity index (χ1n) is 9.77. The maximum Gasteiger partial charge on any atom is 0.258 e. The monoisotopic (exact) mass is 435 g/mol. The van der Waals surface area contributed by atoms with E-state index in [1.54, 1.807) is 0 Å². The van der Waals surface area contributed by atoms with Gasteiger partial charge < -0.3 is 14.6 Å². The Morgan fingerprint density at radius 1 is 1.17 bits per heavy atom. The fourth-order valence-electron chi connectivity index (χ4n) is 2.77. The highest BCUT2D eigenvalue weighted by molar-refractivity contribution is 8.16. The zero-order valence-electron chi connectivity index (χ0n) is 17.7. The van der Waals surface area contributed by atoms with E-state index in [0.717, 1.165) is 0 Å². The van der Waals surface area contributed by atoms with Crippen LogP contribution in [0.5, 0.6) is 5.75 Å². The van der Waals surface area contributed by atoms with Crippen LogP contribution in [0.15, 0.2) is 28.8 Å². The van der Waals surface area contributed by atoms with Gasteiger partial charge in [-0.2, -0.15) is 4.98 Å². The van der Waals surface area contributed by atoms with E-state index in [0.29, 0.717) is 22.0 Å². The lowest BCUT2D eigenvalue weighted by Gasteiger charge is -2.23. The summed E-state index contributed by atoms with van der Waals surface area (Å²) in [6.45, 7) is 9.62. The molecule has 158 valence electrons. The first kappa shape index (κ1) is 22.0. The minimum Gasteiger partial charge on any atom is -0.484 e. The van der Waals surface area contributed by atoms with Gasteiger partial charge in [0.1, 0.15) is 5.75 Å². The van der Waals surface area contributed by atoms with Crippen molar-refractivity contribution in [3.05, 3.63) is 41.5 Å². The SMILES string of the molecule is CC(C)(C)c1nc(C(C)(C)NC(=O)COc2ccc(C3SCCCS3)cc2)no1. The number of carbonyl (C=O) groups excluding carboxylic acids is 1. The van der Waals surface area contributed by atoms with Crippen LogP contribution in [0.25, 0.3) is 0 Å². The molecule has 1 aliphatic rings. The molecule has 0 saturated carbocycles. The van der Waals surface area contributed by atoms with E-state index in [4.69, 9.17) is 9.26 Å². The molecule has 1 aromatic carbocycles. The van der Waals surface area contributed by atoms with Crippen molar-refractivity contribution >= 4 is 29.4 Å². The molecule has 0 spiro atoms. The Labute approximate surface area is 180 Å². The molecule has 1 aromatic heterocycles. The van der Waals surface area contributed by atoms with E-state index < -0.39 is 5.54 Å². The molecular weight excluding hydrogens is 406 g/mol. The highest BCUT2D eigenvalue weighted by atomic mass is 32.2. The molecule has 8 heteroatoms. The van der Waals surface area contributed by atoms with Gasteiger partial charge in [0.25, 0.3) is 5.91 Å². The molecule has 0 bridgehead atoms. The second-order valence-corrected chi connectivity index (χ2v) is 11.4. The van der Waals surface area contributed by atoms with Crippen LogP contribution < -0.4 is 10.1 Å². The van der Waals surface area contributed by atoms with Gasteiger partial charge in [-0.15, -0.1) is 23.5 Å². The lowest BCUT2D eigenvalue weighted by Crippen LogP contribution is -2.44. The number of thioether (sulfide) groups is 2. The summed E-state index contributed by atoms with van der Waals surface area (Å²) in [4.78, 5) is 16.8. The molecule has 1 amide bonds. The van der Waals surface area contributed by atoms with Gasteiger partial charge >= 0.3 is 0 Å². The Hall–Kier alpha value is -1.67. The molecule has 29 heavy (non-hydrogen) atoms. The summed E-state index contributed by atoms with van der Waals surface area (Å²) in [5.74, 6) is 3.86. The average Bonchev–Trinajstić information content (AvgIpc) is 3.19. The number of amides is 1. The molecule has 0 aliphatic carbocycles. The van der Waals surface area contributed by atoms with E-state index in [-0.39, 0.29) is 17.9 Å². The number of hydrogen-bond acceptors (Lipinski definition) is 7. The third-order valence-electron chi connectivity index (χ3n) is 4.43. The predicted octanol–water partition coefficient (Wildman–Crippen LogP) is 4.67. The van der Waals surface area contributed by atoms with E-state index in [2.05, 4.69) is 27.6 Å². The normalized spacial score (nSPS) is 15.9. The van der Waals surface area contributed by atoms with Gasteiger partial charge in [-0.05, 0) is 49.5 Å². The topological polar surface area (TPSA) is 77.2 Å². The Balaban J connectivity index is 1.53. The lowest BCUT2D eigenvalue weighted by molar-refractivity contribution is -0.124. The Morgan fingerprint density at radius 2 is 1.83 bits per heavy atom. The maximum absolute atomic E-state index is 12.4. The molecule has 2 heterocycles. The summed E-state index contributed by atoms with van der Waals surface area (Å²) in [6.07, 6.45) is 1.28. The summed E-state index contributed by atoms with van der Waals surface area (Å²) >= 11 is 3.97. The van der Waals surface area contributed by atoms with Gasteiger partial charge in [-0.3, -0.25) is 4.79 Å². The van der Waals surface area contributed by atoms with Gasteiger partial charge in [0.15, 0.2) is 12.4 Å².